The number of nitriles is 1. The summed E-state index contributed by atoms with van der Waals surface area (Å²) in [5, 5.41) is 13.3. The molecule has 4 rings (SSSR count). The first-order valence-corrected chi connectivity index (χ1v) is 11.7. The van der Waals surface area contributed by atoms with E-state index < -0.39 is 5.60 Å². The highest BCUT2D eigenvalue weighted by atomic mass is 35.5. The summed E-state index contributed by atoms with van der Waals surface area (Å²) in [6.45, 7) is 4.34. The lowest BCUT2D eigenvalue weighted by atomic mass is 9.95. The zero-order valence-electron chi connectivity index (χ0n) is 18.3. The summed E-state index contributed by atoms with van der Waals surface area (Å²) in [6.07, 6.45) is 4.10. The number of hydrogen-bond donors (Lipinski definition) is 1. The lowest BCUT2D eigenvalue weighted by Gasteiger charge is -2.40. The first-order chi connectivity index (χ1) is 15.2. The Hall–Kier alpha value is -2.26. The van der Waals surface area contributed by atoms with Gasteiger partial charge in [0.25, 0.3) is 5.91 Å². The van der Waals surface area contributed by atoms with E-state index in [9.17, 15) is 4.79 Å². The number of piperidine rings is 1. The van der Waals surface area contributed by atoms with Crippen LogP contribution in [0.3, 0.4) is 0 Å². The summed E-state index contributed by atoms with van der Waals surface area (Å²) in [5.41, 5.74) is 0.795. The number of carbonyl (C=O) groups excluding carboxylic acids is 1. The van der Waals surface area contributed by atoms with E-state index in [0.29, 0.717) is 33.4 Å². The SMILES string of the molecule is CC(C)(Oc1ccc(Cl)cc1Cl)C(=O)NC1C[C@H]2CC[C@@H](C1)N2Cc1cccc(C#N)c1. The van der Waals surface area contributed by atoms with Crippen molar-refractivity contribution in [2.24, 2.45) is 0 Å². The second-order valence-corrected chi connectivity index (χ2v) is 10.0. The van der Waals surface area contributed by atoms with Crippen LogP contribution in [-0.2, 0) is 11.3 Å². The third-order valence-electron chi connectivity index (χ3n) is 6.45. The highest BCUT2D eigenvalue weighted by Crippen LogP contribution is 2.37. The Kier molecular flexibility index (Phi) is 6.67. The van der Waals surface area contributed by atoms with Gasteiger partial charge in [-0.25, -0.2) is 0 Å². The molecule has 0 saturated carbocycles. The molecule has 7 heteroatoms. The van der Waals surface area contributed by atoms with Crippen molar-refractivity contribution < 1.29 is 9.53 Å². The number of carbonyl (C=O) groups is 1. The fraction of sp³-hybridized carbons (Fsp3) is 0.440. The third kappa shape index (κ3) is 5.04. The molecule has 0 spiro atoms. The van der Waals surface area contributed by atoms with E-state index in [0.717, 1.165) is 37.8 Å². The molecule has 0 radical (unpaired) electrons. The van der Waals surface area contributed by atoms with E-state index in [-0.39, 0.29) is 11.9 Å². The number of rotatable bonds is 6. The monoisotopic (exact) mass is 471 g/mol. The van der Waals surface area contributed by atoms with Crippen molar-refractivity contribution in [1.82, 2.24) is 10.2 Å². The molecule has 5 nitrogen and oxygen atoms in total. The Morgan fingerprint density at radius 2 is 1.91 bits per heavy atom. The molecule has 1 amide bonds. The molecule has 1 N–H and O–H groups in total. The van der Waals surface area contributed by atoms with Crippen molar-refractivity contribution >= 4 is 29.1 Å². The van der Waals surface area contributed by atoms with Gasteiger partial charge in [0.1, 0.15) is 5.75 Å². The first-order valence-electron chi connectivity index (χ1n) is 10.9. The summed E-state index contributed by atoms with van der Waals surface area (Å²) in [6, 6.07) is 16.0. The minimum Gasteiger partial charge on any atom is -0.476 e. The number of halogens is 2. The second-order valence-electron chi connectivity index (χ2n) is 9.20. The largest absolute Gasteiger partial charge is 0.476 e. The van der Waals surface area contributed by atoms with E-state index >= 15 is 0 Å². The van der Waals surface area contributed by atoms with Crippen molar-refractivity contribution in [3.63, 3.8) is 0 Å². The molecule has 3 atom stereocenters. The number of nitrogens with zero attached hydrogens (tertiary/aromatic N) is 2. The normalized spacial score (nSPS) is 22.9. The standard InChI is InChI=1S/C25H27Cl2N3O2/c1-25(2,32-23-9-6-18(26)11-22(23)27)24(31)29-19-12-20-7-8-21(13-19)30(20)15-17-5-3-4-16(10-17)14-28/h3-6,9-11,19-21H,7-8,12-13,15H2,1-2H3,(H,29,31)/t19?,20-,21+. The predicted molar refractivity (Wildman–Crippen MR) is 126 cm³/mol. The molecule has 32 heavy (non-hydrogen) atoms. The predicted octanol–water partition coefficient (Wildman–Crippen LogP) is 5.33. The Bertz CT molecular complexity index is 1040. The molecule has 2 aromatic rings. The van der Waals surface area contributed by atoms with Crippen LogP contribution in [0.4, 0.5) is 0 Å². The van der Waals surface area contributed by atoms with Crippen molar-refractivity contribution in [2.75, 3.05) is 0 Å². The Labute approximate surface area is 199 Å². The molecular formula is C25H27Cl2N3O2. The van der Waals surface area contributed by atoms with E-state index in [2.05, 4.69) is 22.4 Å². The average molecular weight is 472 g/mol. The number of amides is 1. The highest BCUT2D eigenvalue weighted by Gasteiger charge is 2.42. The van der Waals surface area contributed by atoms with Crippen LogP contribution in [0.1, 0.15) is 50.7 Å². The van der Waals surface area contributed by atoms with E-state index in [1.54, 1.807) is 32.0 Å². The van der Waals surface area contributed by atoms with Crippen LogP contribution >= 0.6 is 23.2 Å². The summed E-state index contributed by atoms with van der Waals surface area (Å²) in [4.78, 5) is 15.6. The molecule has 2 saturated heterocycles. The smallest absolute Gasteiger partial charge is 0.263 e. The van der Waals surface area contributed by atoms with Gasteiger partial charge in [-0.15, -0.1) is 0 Å². The van der Waals surface area contributed by atoms with Gasteiger partial charge in [0.2, 0.25) is 0 Å². The van der Waals surface area contributed by atoms with Crippen molar-refractivity contribution in [3.8, 4) is 11.8 Å². The van der Waals surface area contributed by atoms with Crippen molar-refractivity contribution in [2.45, 2.75) is 69.8 Å². The first kappa shape index (κ1) is 22.9. The lowest BCUT2D eigenvalue weighted by Crippen LogP contribution is -2.55. The fourth-order valence-electron chi connectivity index (χ4n) is 4.84. The molecule has 2 bridgehead atoms. The minimum atomic E-state index is -1.06. The maximum absolute atomic E-state index is 13.0. The van der Waals surface area contributed by atoms with Crippen molar-refractivity contribution in [3.05, 3.63) is 63.6 Å². The molecular weight excluding hydrogens is 445 g/mol. The van der Waals surface area contributed by atoms with E-state index in [1.165, 1.54) is 0 Å². The van der Waals surface area contributed by atoms with Crippen LogP contribution in [0, 0.1) is 11.3 Å². The van der Waals surface area contributed by atoms with Crippen molar-refractivity contribution in [1.29, 1.82) is 5.26 Å². The molecule has 2 fully saturated rings. The Morgan fingerprint density at radius 1 is 1.19 bits per heavy atom. The van der Waals surface area contributed by atoms with E-state index in [1.807, 2.05) is 18.2 Å². The average Bonchev–Trinajstić information content (AvgIpc) is 2.98. The third-order valence-corrected chi connectivity index (χ3v) is 6.98. The summed E-state index contributed by atoms with van der Waals surface area (Å²) in [7, 11) is 0. The van der Waals surface area contributed by atoms with Gasteiger partial charge in [-0.3, -0.25) is 9.69 Å². The zero-order chi connectivity index (χ0) is 22.9. The molecule has 1 unspecified atom stereocenters. The molecule has 168 valence electrons. The van der Waals surface area contributed by atoms with Crippen LogP contribution in [0.5, 0.6) is 5.75 Å². The molecule has 2 aliphatic rings. The van der Waals surface area contributed by atoms with E-state index in [4.69, 9.17) is 33.2 Å². The maximum Gasteiger partial charge on any atom is 0.263 e. The van der Waals surface area contributed by atoms with Crippen LogP contribution in [-0.4, -0.2) is 34.5 Å². The molecule has 0 aliphatic carbocycles. The van der Waals surface area contributed by atoms with Crippen LogP contribution in [0.2, 0.25) is 10.0 Å². The Morgan fingerprint density at radius 3 is 2.56 bits per heavy atom. The number of hydrogen-bond acceptors (Lipinski definition) is 4. The van der Waals surface area contributed by atoms with Gasteiger partial charge >= 0.3 is 0 Å². The topological polar surface area (TPSA) is 65.4 Å². The fourth-order valence-corrected chi connectivity index (χ4v) is 5.29. The van der Waals surface area contributed by atoms with Crippen LogP contribution in [0.25, 0.3) is 0 Å². The van der Waals surface area contributed by atoms with Crippen LogP contribution < -0.4 is 10.1 Å². The number of ether oxygens (including phenoxy) is 1. The van der Waals surface area contributed by atoms with Gasteiger partial charge in [-0.05, 0) is 75.4 Å². The molecule has 2 heterocycles. The van der Waals surface area contributed by atoms with Gasteiger partial charge in [-0.1, -0.05) is 35.3 Å². The van der Waals surface area contributed by atoms with Gasteiger partial charge in [0.05, 0.1) is 16.7 Å². The van der Waals surface area contributed by atoms with Gasteiger partial charge in [0, 0.05) is 29.7 Å². The second kappa shape index (κ2) is 9.31. The molecule has 2 aliphatic heterocycles. The van der Waals surface area contributed by atoms with Gasteiger partial charge < -0.3 is 10.1 Å². The summed E-state index contributed by atoms with van der Waals surface area (Å²) >= 11 is 12.2. The van der Waals surface area contributed by atoms with Gasteiger partial charge in [-0.2, -0.15) is 5.26 Å². The van der Waals surface area contributed by atoms with Gasteiger partial charge in [0.15, 0.2) is 5.60 Å². The summed E-state index contributed by atoms with van der Waals surface area (Å²) < 4.78 is 5.94. The lowest BCUT2D eigenvalue weighted by molar-refractivity contribution is -0.135. The number of nitrogens with one attached hydrogen (secondary N) is 1. The quantitative estimate of drug-likeness (QED) is 0.617. The Balaban J connectivity index is 1.37. The number of benzene rings is 2. The summed E-state index contributed by atoms with van der Waals surface area (Å²) in [5.74, 6) is 0.286. The maximum atomic E-state index is 13.0. The molecule has 2 aromatic carbocycles. The highest BCUT2D eigenvalue weighted by molar-refractivity contribution is 6.35. The number of fused-ring (bicyclic) bond motifs is 2. The zero-order valence-corrected chi connectivity index (χ0v) is 19.8. The molecule has 0 aromatic heterocycles. The minimum absolute atomic E-state index is 0.116. The van der Waals surface area contributed by atoms with Crippen LogP contribution in [0.15, 0.2) is 42.5 Å².